The van der Waals surface area contributed by atoms with Crippen LogP contribution in [0.15, 0.2) is 17.3 Å². The molecule has 1 aliphatic rings. The Morgan fingerprint density at radius 3 is 2.82 bits per heavy atom. The van der Waals surface area contributed by atoms with Crippen LogP contribution in [0.3, 0.4) is 0 Å². The molecule has 5 heteroatoms. The van der Waals surface area contributed by atoms with Crippen molar-refractivity contribution >= 4 is 23.4 Å². The van der Waals surface area contributed by atoms with Gasteiger partial charge in [0.05, 0.1) is 11.3 Å². The number of nitrogens with two attached hydrogens (primary N) is 1. The highest BCUT2D eigenvalue weighted by atomic mass is 32.2. The number of nitrogen functional groups attached to an aromatic ring is 1. The van der Waals surface area contributed by atoms with Crippen LogP contribution in [-0.2, 0) is 0 Å². The maximum absolute atomic E-state index is 10.7. The van der Waals surface area contributed by atoms with Crippen molar-refractivity contribution in [3.63, 3.8) is 0 Å². The molecule has 1 aromatic rings. The van der Waals surface area contributed by atoms with Crippen LogP contribution in [-0.4, -0.2) is 21.8 Å². The molecule has 0 aromatic carbocycles. The molecule has 0 atom stereocenters. The molecule has 0 spiro atoms. The first kappa shape index (κ1) is 12.2. The van der Waals surface area contributed by atoms with Crippen LogP contribution in [0.2, 0.25) is 0 Å². The van der Waals surface area contributed by atoms with Crippen molar-refractivity contribution in [1.82, 2.24) is 4.98 Å². The summed E-state index contributed by atoms with van der Waals surface area (Å²) in [5, 5.41) is 9.55. The third-order valence-corrected chi connectivity index (χ3v) is 4.31. The molecule has 92 valence electrons. The fraction of sp³-hybridized carbons (Fsp3) is 0.500. The van der Waals surface area contributed by atoms with Crippen molar-refractivity contribution in [2.75, 3.05) is 11.5 Å². The van der Waals surface area contributed by atoms with Crippen molar-refractivity contribution in [3.8, 4) is 0 Å². The number of aromatic carboxylic acids is 1. The SMILES string of the molecule is Nc1cc(C(=O)O)cnc1SCC1CCCC1. The number of rotatable bonds is 4. The topological polar surface area (TPSA) is 76.2 Å². The Morgan fingerprint density at radius 1 is 1.53 bits per heavy atom. The lowest BCUT2D eigenvalue weighted by molar-refractivity contribution is 0.0696. The number of carboxylic acid groups (broad SMARTS) is 1. The van der Waals surface area contributed by atoms with Crippen LogP contribution in [0.5, 0.6) is 0 Å². The molecule has 4 nitrogen and oxygen atoms in total. The summed E-state index contributed by atoms with van der Waals surface area (Å²) in [6, 6.07) is 1.48. The molecule has 17 heavy (non-hydrogen) atoms. The summed E-state index contributed by atoms with van der Waals surface area (Å²) < 4.78 is 0. The van der Waals surface area contributed by atoms with E-state index in [2.05, 4.69) is 4.98 Å². The number of pyridine rings is 1. The number of nitrogens with zero attached hydrogens (tertiary/aromatic N) is 1. The van der Waals surface area contributed by atoms with Crippen LogP contribution in [0, 0.1) is 5.92 Å². The maximum atomic E-state index is 10.7. The van der Waals surface area contributed by atoms with Gasteiger partial charge in [0, 0.05) is 11.9 Å². The molecule has 0 amide bonds. The number of hydrogen-bond acceptors (Lipinski definition) is 4. The molecule has 2 rings (SSSR count). The number of hydrogen-bond donors (Lipinski definition) is 2. The molecule has 1 fully saturated rings. The van der Waals surface area contributed by atoms with Gasteiger partial charge in [0.15, 0.2) is 0 Å². The van der Waals surface area contributed by atoms with Gasteiger partial charge in [-0.3, -0.25) is 0 Å². The van der Waals surface area contributed by atoms with E-state index < -0.39 is 5.97 Å². The Labute approximate surface area is 105 Å². The van der Waals surface area contributed by atoms with E-state index in [0.29, 0.717) is 5.69 Å². The highest BCUT2D eigenvalue weighted by Crippen LogP contribution is 2.32. The monoisotopic (exact) mass is 252 g/mol. The van der Waals surface area contributed by atoms with E-state index >= 15 is 0 Å². The van der Waals surface area contributed by atoms with E-state index in [1.165, 1.54) is 37.9 Å². The number of carbonyl (C=O) groups is 1. The summed E-state index contributed by atoms with van der Waals surface area (Å²) >= 11 is 1.64. The van der Waals surface area contributed by atoms with Gasteiger partial charge in [0.25, 0.3) is 0 Å². The zero-order chi connectivity index (χ0) is 12.3. The molecule has 1 aromatic heterocycles. The number of carboxylic acids is 1. The van der Waals surface area contributed by atoms with Crippen molar-refractivity contribution in [3.05, 3.63) is 17.8 Å². The fourth-order valence-electron chi connectivity index (χ4n) is 2.08. The molecule has 3 N–H and O–H groups in total. The van der Waals surface area contributed by atoms with Crippen molar-refractivity contribution in [2.45, 2.75) is 30.7 Å². The third kappa shape index (κ3) is 3.12. The van der Waals surface area contributed by atoms with E-state index in [9.17, 15) is 4.79 Å². The lowest BCUT2D eigenvalue weighted by Gasteiger charge is -2.09. The first-order valence-electron chi connectivity index (χ1n) is 5.78. The molecule has 1 aliphatic carbocycles. The lowest BCUT2D eigenvalue weighted by Crippen LogP contribution is -2.02. The summed E-state index contributed by atoms with van der Waals surface area (Å²) in [6.45, 7) is 0. The van der Waals surface area contributed by atoms with Crippen LogP contribution >= 0.6 is 11.8 Å². The standard InChI is InChI=1S/C12H16N2O2S/c13-10-5-9(12(15)16)6-14-11(10)17-7-8-3-1-2-4-8/h5-6,8H,1-4,7,13H2,(H,15,16). The Kier molecular flexibility index (Phi) is 3.89. The second kappa shape index (κ2) is 5.40. The maximum Gasteiger partial charge on any atom is 0.337 e. The van der Waals surface area contributed by atoms with Gasteiger partial charge in [-0.05, 0) is 24.8 Å². The zero-order valence-corrected chi connectivity index (χ0v) is 10.4. The second-order valence-electron chi connectivity index (χ2n) is 4.39. The molecular formula is C12H16N2O2S. The number of aromatic nitrogens is 1. The first-order chi connectivity index (χ1) is 8.16. The summed E-state index contributed by atoms with van der Waals surface area (Å²) in [5.41, 5.74) is 6.41. The zero-order valence-electron chi connectivity index (χ0n) is 9.56. The van der Waals surface area contributed by atoms with E-state index in [1.807, 2.05) is 0 Å². The Morgan fingerprint density at radius 2 is 2.24 bits per heavy atom. The van der Waals surface area contributed by atoms with Gasteiger partial charge in [-0.25, -0.2) is 9.78 Å². The highest BCUT2D eigenvalue weighted by molar-refractivity contribution is 7.99. The van der Waals surface area contributed by atoms with Crippen molar-refractivity contribution < 1.29 is 9.90 Å². The first-order valence-corrected chi connectivity index (χ1v) is 6.77. The molecule has 0 radical (unpaired) electrons. The van der Waals surface area contributed by atoms with E-state index in [1.54, 1.807) is 11.8 Å². The Balaban J connectivity index is 1.98. The molecule has 0 unspecified atom stereocenters. The minimum absolute atomic E-state index is 0.146. The molecular weight excluding hydrogens is 236 g/mol. The van der Waals surface area contributed by atoms with Gasteiger partial charge in [0.1, 0.15) is 5.03 Å². The highest BCUT2D eigenvalue weighted by Gasteiger charge is 2.16. The summed E-state index contributed by atoms with van der Waals surface area (Å²) in [4.78, 5) is 14.8. The van der Waals surface area contributed by atoms with Gasteiger partial charge < -0.3 is 10.8 Å². The summed E-state index contributed by atoms with van der Waals surface area (Å²) in [5.74, 6) is 0.806. The molecule has 0 aliphatic heterocycles. The van der Waals surface area contributed by atoms with Crippen LogP contribution < -0.4 is 5.73 Å². The van der Waals surface area contributed by atoms with Crippen molar-refractivity contribution in [1.29, 1.82) is 0 Å². The van der Waals surface area contributed by atoms with Gasteiger partial charge >= 0.3 is 5.97 Å². The van der Waals surface area contributed by atoms with Crippen molar-refractivity contribution in [2.24, 2.45) is 5.92 Å². The van der Waals surface area contributed by atoms with E-state index in [-0.39, 0.29) is 5.56 Å². The predicted octanol–water partition coefficient (Wildman–Crippen LogP) is 2.64. The molecule has 0 saturated heterocycles. The second-order valence-corrected chi connectivity index (χ2v) is 5.39. The minimum Gasteiger partial charge on any atom is -0.478 e. The lowest BCUT2D eigenvalue weighted by atomic mass is 10.1. The van der Waals surface area contributed by atoms with Crippen LogP contribution in [0.1, 0.15) is 36.0 Å². The molecule has 1 saturated carbocycles. The quantitative estimate of drug-likeness (QED) is 0.806. The average Bonchev–Trinajstić information content (AvgIpc) is 2.80. The predicted molar refractivity (Wildman–Crippen MR) is 68.3 cm³/mol. The van der Waals surface area contributed by atoms with Crippen LogP contribution in [0.4, 0.5) is 5.69 Å². The molecule has 1 heterocycles. The van der Waals surface area contributed by atoms with Gasteiger partial charge in [-0.2, -0.15) is 0 Å². The number of thioether (sulfide) groups is 1. The normalized spacial score (nSPS) is 16.2. The minimum atomic E-state index is -0.989. The smallest absolute Gasteiger partial charge is 0.337 e. The van der Waals surface area contributed by atoms with Gasteiger partial charge in [0.2, 0.25) is 0 Å². The molecule has 0 bridgehead atoms. The average molecular weight is 252 g/mol. The summed E-state index contributed by atoms with van der Waals surface area (Å²) in [7, 11) is 0. The fourth-order valence-corrected chi connectivity index (χ4v) is 3.16. The Hall–Kier alpha value is -1.23. The van der Waals surface area contributed by atoms with E-state index in [4.69, 9.17) is 10.8 Å². The summed E-state index contributed by atoms with van der Waals surface area (Å²) in [6.07, 6.45) is 6.61. The third-order valence-electron chi connectivity index (χ3n) is 3.06. The van der Waals surface area contributed by atoms with E-state index in [0.717, 1.165) is 16.7 Å². The largest absolute Gasteiger partial charge is 0.478 e. The van der Waals surface area contributed by atoms with Gasteiger partial charge in [-0.1, -0.05) is 12.8 Å². The number of anilines is 1. The van der Waals surface area contributed by atoms with Crippen LogP contribution in [0.25, 0.3) is 0 Å². The Bertz CT molecular complexity index is 417. The van der Waals surface area contributed by atoms with Gasteiger partial charge in [-0.15, -0.1) is 11.8 Å².